The van der Waals surface area contributed by atoms with Gasteiger partial charge in [-0.3, -0.25) is 0 Å². The third-order valence-electron chi connectivity index (χ3n) is 3.80. The van der Waals surface area contributed by atoms with E-state index in [9.17, 15) is 13.2 Å². The van der Waals surface area contributed by atoms with Gasteiger partial charge < -0.3 is 9.55 Å². The number of aromatic amines is 1. The van der Waals surface area contributed by atoms with Crippen molar-refractivity contribution in [3.8, 4) is 11.5 Å². The van der Waals surface area contributed by atoms with E-state index in [0.717, 1.165) is 18.7 Å². The summed E-state index contributed by atoms with van der Waals surface area (Å²) < 4.78 is 39.3. The van der Waals surface area contributed by atoms with E-state index >= 15 is 0 Å². The van der Waals surface area contributed by atoms with Crippen LogP contribution in [0.5, 0.6) is 0 Å². The number of aromatic nitrogens is 5. The van der Waals surface area contributed by atoms with E-state index in [1.54, 1.807) is 11.6 Å². The zero-order valence-corrected chi connectivity index (χ0v) is 14.1. The van der Waals surface area contributed by atoms with Crippen molar-refractivity contribution in [2.45, 2.75) is 34.2 Å². The average molecular weight is 371 g/mol. The molecule has 3 aromatic rings. The van der Waals surface area contributed by atoms with Crippen LogP contribution in [0.4, 0.5) is 13.2 Å². The molecule has 0 atom stereocenters. The summed E-state index contributed by atoms with van der Waals surface area (Å²) in [4.78, 5) is 16.2. The van der Waals surface area contributed by atoms with Gasteiger partial charge in [-0.1, -0.05) is 0 Å². The van der Waals surface area contributed by atoms with Gasteiger partial charge in [0.15, 0.2) is 11.5 Å². The van der Waals surface area contributed by atoms with E-state index in [4.69, 9.17) is 0 Å². The van der Waals surface area contributed by atoms with Crippen molar-refractivity contribution in [2.24, 2.45) is 7.05 Å². The van der Waals surface area contributed by atoms with E-state index in [1.165, 1.54) is 12.3 Å². The molecule has 0 spiro atoms. The summed E-state index contributed by atoms with van der Waals surface area (Å²) in [7, 11) is 1.76. The second-order valence-corrected chi connectivity index (χ2v) is 7.24. The number of fused-ring (bicyclic) bond motifs is 1. The molecule has 1 fully saturated rings. The summed E-state index contributed by atoms with van der Waals surface area (Å²) in [6.07, 6.45) is 3.40. The fraction of sp³-hybridized carbons (Fsp3) is 0.357. The monoisotopic (exact) mass is 371 g/mol. The van der Waals surface area contributed by atoms with Crippen LogP contribution in [-0.2, 0) is 7.05 Å². The van der Waals surface area contributed by atoms with E-state index in [2.05, 4.69) is 32.6 Å². The highest BCUT2D eigenvalue weighted by atomic mass is 32.2. The number of imidazole rings is 2. The highest BCUT2D eigenvalue weighted by molar-refractivity contribution is 8.00. The second-order valence-electron chi connectivity index (χ2n) is 5.65. The summed E-state index contributed by atoms with van der Waals surface area (Å²) >= 11 is 4.21. The van der Waals surface area contributed by atoms with E-state index in [1.807, 2.05) is 0 Å². The molecule has 10 heteroatoms. The number of thiol groups is 1. The van der Waals surface area contributed by atoms with Gasteiger partial charge in [0.05, 0.1) is 0 Å². The molecule has 24 heavy (non-hydrogen) atoms. The van der Waals surface area contributed by atoms with Crippen LogP contribution in [0.2, 0.25) is 0 Å². The molecule has 5 nitrogen and oxygen atoms in total. The molecule has 0 saturated heterocycles. The maximum absolute atomic E-state index is 12.5. The fourth-order valence-corrected chi connectivity index (χ4v) is 3.35. The van der Waals surface area contributed by atoms with Gasteiger partial charge in [-0.2, -0.15) is 13.2 Å². The first-order valence-electron chi connectivity index (χ1n) is 7.19. The van der Waals surface area contributed by atoms with Crippen LogP contribution < -0.4 is 0 Å². The van der Waals surface area contributed by atoms with Crippen molar-refractivity contribution in [1.29, 1.82) is 0 Å². The number of nitrogens with one attached hydrogen (secondary N) is 1. The number of hydrogen-bond donors (Lipinski definition) is 2. The van der Waals surface area contributed by atoms with Gasteiger partial charge in [0.2, 0.25) is 0 Å². The molecule has 4 rings (SSSR count). The van der Waals surface area contributed by atoms with Crippen molar-refractivity contribution >= 4 is 35.6 Å². The Balaban J connectivity index is 1.77. The Morgan fingerprint density at radius 3 is 2.75 bits per heavy atom. The van der Waals surface area contributed by atoms with Gasteiger partial charge in [0, 0.05) is 24.1 Å². The number of alkyl halides is 3. The molecule has 0 unspecified atom stereocenters. The zero-order chi connectivity index (χ0) is 17.1. The smallest absolute Gasteiger partial charge is 0.337 e. The molecule has 3 heterocycles. The fourth-order valence-electron chi connectivity index (χ4n) is 2.55. The quantitative estimate of drug-likeness (QED) is 0.537. The van der Waals surface area contributed by atoms with E-state index < -0.39 is 5.51 Å². The zero-order valence-electron chi connectivity index (χ0n) is 12.4. The van der Waals surface area contributed by atoms with Crippen LogP contribution in [-0.4, -0.2) is 30.0 Å². The minimum atomic E-state index is -4.35. The Hall–Kier alpha value is -1.68. The lowest BCUT2D eigenvalue weighted by molar-refractivity contribution is -0.0328. The predicted molar refractivity (Wildman–Crippen MR) is 87.2 cm³/mol. The average Bonchev–Trinajstić information content (AvgIpc) is 3.19. The van der Waals surface area contributed by atoms with Gasteiger partial charge in [0.25, 0.3) is 0 Å². The van der Waals surface area contributed by atoms with Crippen molar-refractivity contribution in [3.63, 3.8) is 0 Å². The van der Waals surface area contributed by atoms with Gasteiger partial charge in [-0.15, -0.1) is 12.6 Å². The van der Waals surface area contributed by atoms with Crippen LogP contribution >= 0.6 is 24.4 Å². The van der Waals surface area contributed by atoms with Crippen LogP contribution in [0, 0.1) is 0 Å². The Kier molecular flexibility index (Phi) is 3.57. The molecule has 1 saturated carbocycles. The maximum atomic E-state index is 12.5. The summed E-state index contributed by atoms with van der Waals surface area (Å²) in [5.74, 6) is 1.84. The first-order chi connectivity index (χ1) is 11.3. The minimum Gasteiger partial charge on any atom is -0.337 e. The first-order valence-corrected chi connectivity index (χ1v) is 8.45. The second kappa shape index (κ2) is 5.41. The van der Waals surface area contributed by atoms with E-state index in [0.29, 0.717) is 33.6 Å². The number of H-pyrrole nitrogens is 1. The lowest BCUT2D eigenvalue weighted by atomic mass is 10.4. The summed E-state index contributed by atoms with van der Waals surface area (Å²) in [6.45, 7) is 0. The highest BCUT2D eigenvalue weighted by Gasteiger charge is 2.30. The van der Waals surface area contributed by atoms with Crippen LogP contribution in [0.15, 0.2) is 22.2 Å². The van der Waals surface area contributed by atoms with Gasteiger partial charge in [0.1, 0.15) is 22.1 Å². The summed E-state index contributed by atoms with van der Waals surface area (Å²) in [5, 5.41) is 0.597. The molecular formula is C14H12F3N5S2. The number of aryl methyl sites for hydroxylation is 1. The van der Waals surface area contributed by atoms with Crippen molar-refractivity contribution in [1.82, 2.24) is 24.5 Å². The molecule has 126 valence electrons. The topological polar surface area (TPSA) is 59.4 Å². The van der Waals surface area contributed by atoms with Crippen LogP contribution in [0.25, 0.3) is 22.7 Å². The lowest BCUT2D eigenvalue weighted by Gasteiger charge is -2.04. The molecule has 1 aliphatic carbocycles. The molecule has 1 aliphatic rings. The number of rotatable bonds is 3. The Labute approximate surface area is 144 Å². The molecule has 0 aliphatic heterocycles. The first kappa shape index (κ1) is 15.8. The minimum absolute atomic E-state index is 0.00597. The standard InChI is InChI=1S/C14H12F3N5S2/c1-22-11-8(4-7(5-18-11)24-14(15,16)17)19-12(22)9-13(23)21-10(20-9)6-2-3-6/h4-6,23H,2-3H2,1H3,(H,20,21). The van der Waals surface area contributed by atoms with E-state index in [-0.39, 0.29) is 16.7 Å². The molecule has 3 aromatic heterocycles. The van der Waals surface area contributed by atoms with Crippen molar-refractivity contribution < 1.29 is 13.2 Å². The molecule has 0 amide bonds. The van der Waals surface area contributed by atoms with Gasteiger partial charge >= 0.3 is 5.51 Å². The lowest BCUT2D eigenvalue weighted by Crippen LogP contribution is -1.99. The number of nitrogens with zero attached hydrogens (tertiary/aromatic N) is 4. The number of halogens is 3. The number of thioether (sulfide) groups is 1. The highest BCUT2D eigenvalue weighted by Crippen LogP contribution is 2.41. The summed E-state index contributed by atoms with van der Waals surface area (Å²) in [5.41, 5.74) is -2.87. The van der Waals surface area contributed by atoms with Crippen LogP contribution in [0.1, 0.15) is 24.6 Å². The van der Waals surface area contributed by atoms with Crippen LogP contribution in [0.3, 0.4) is 0 Å². The largest absolute Gasteiger partial charge is 0.446 e. The Morgan fingerprint density at radius 2 is 2.08 bits per heavy atom. The Morgan fingerprint density at radius 1 is 1.33 bits per heavy atom. The molecule has 1 N–H and O–H groups in total. The predicted octanol–water partition coefficient (Wildman–Crippen LogP) is 4.14. The molecule has 0 radical (unpaired) electrons. The molecule has 0 bridgehead atoms. The maximum Gasteiger partial charge on any atom is 0.446 e. The molecule has 0 aromatic carbocycles. The van der Waals surface area contributed by atoms with Gasteiger partial charge in [-0.05, 0) is 30.7 Å². The Bertz CT molecular complexity index is 927. The number of hydrogen-bond acceptors (Lipinski definition) is 5. The SMILES string of the molecule is Cn1c(-c2nc(C3CC3)[nH]c2S)nc2cc(SC(F)(F)F)cnc21. The van der Waals surface area contributed by atoms with Crippen molar-refractivity contribution in [2.75, 3.05) is 0 Å². The normalized spacial score (nSPS) is 15.4. The molecular weight excluding hydrogens is 359 g/mol. The van der Waals surface area contributed by atoms with Crippen molar-refractivity contribution in [3.05, 3.63) is 18.1 Å². The third-order valence-corrected chi connectivity index (χ3v) is 4.81. The number of pyridine rings is 1. The summed E-state index contributed by atoms with van der Waals surface area (Å²) in [6, 6.07) is 1.39. The third kappa shape index (κ3) is 2.88. The van der Waals surface area contributed by atoms with Gasteiger partial charge in [-0.25, -0.2) is 15.0 Å².